The summed E-state index contributed by atoms with van der Waals surface area (Å²) in [6.45, 7) is 0. The van der Waals surface area contributed by atoms with E-state index in [-0.39, 0.29) is 25.0 Å². The highest BCUT2D eigenvalue weighted by molar-refractivity contribution is 5.96. The van der Waals surface area contributed by atoms with Crippen molar-refractivity contribution in [3.05, 3.63) is 24.3 Å². The van der Waals surface area contributed by atoms with Crippen LogP contribution in [0, 0.1) is 0 Å². The molecule has 0 saturated heterocycles. The van der Waals surface area contributed by atoms with Gasteiger partial charge in [0.2, 0.25) is 11.2 Å². The lowest BCUT2D eigenvalue weighted by Crippen LogP contribution is -2.51. The van der Waals surface area contributed by atoms with Crippen LogP contribution in [-0.2, 0) is 67.0 Å². The molecular weight excluding hydrogens is 672 g/mol. The monoisotopic (exact) mass is 698 g/mol. The van der Waals surface area contributed by atoms with Crippen LogP contribution in [0.5, 0.6) is 0 Å². The predicted octanol–water partition coefficient (Wildman–Crippen LogP) is -2.18. The fourth-order valence-electron chi connectivity index (χ4n) is 2.60. The van der Waals surface area contributed by atoms with Gasteiger partial charge in [0.05, 0.1) is 38.5 Å². The first-order valence-corrected chi connectivity index (χ1v) is 11.9. The van der Waals surface area contributed by atoms with E-state index in [9.17, 15) is 67.7 Å². The Kier molecular flexibility index (Phi) is 20.6. The van der Waals surface area contributed by atoms with Crippen molar-refractivity contribution in [1.82, 2.24) is 0 Å². The number of carbonyl (C=O) groups excluding carboxylic acids is 2. The molecule has 48 heavy (non-hydrogen) atoms. The Morgan fingerprint density at radius 2 is 0.688 bits per heavy atom. The maximum absolute atomic E-state index is 12.2. The normalized spacial score (nSPS) is 11.6. The first-order chi connectivity index (χ1) is 21.8. The second-order valence-electron chi connectivity index (χ2n) is 8.35. The molecule has 0 fully saturated rings. The highest BCUT2D eigenvalue weighted by atomic mass is 16.6. The van der Waals surface area contributed by atoms with Crippen LogP contribution in [0.2, 0.25) is 0 Å². The Bertz CT molecular complexity index is 1310. The second-order valence-corrected chi connectivity index (χ2v) is 8.35. The molecule has 0 aliphatic heterocycles. The maximum Gasteiger partial charge on any atom is 0.349 e. The van der Waals surface area contributed by atoms with Gasteiger partial charge in [-0.15, -0.1) is 0 Å². The summed E-state index contributed by atoms with van der Waals surface area (Å²) in [7, 11) is 0. The van der Waals surface area contributed by atoms with E-state index in [1.54, 1.807) is 0 Å². The standard InChI is InChI=1S/C16H16O16.C4H6O4.C4H4O4/c17-7(18)1-2-11(25)31-16(14(29)30,5-10(23)24)6-12(26)32-15(13(27)28,3-8(19)20)4-9(21)22;2*5-3(6)1-2-4(7)8/h1-2H,3-6H2,(H,17,18)(H,19,20)(H,21,22)(H,23,24)(H,27,28)(H,29,30);1-2H2,(H,5,6)(H,7,8);1-2H,(H,5,6)(H,7,8)/b2-1-;;2-1-. The molecule has 1 unspecified atom stereocenters. The molecule has 0 radical (unpaired) electrons. The summed E-state index contributed by atoms with van der Waals surface area (Å²) in [6, 6.07) is 0. The zero-order chi connectivity index (χ0) is 38.4. The third-order valence-electron chi connectivity index (χ3n) is 4.41. The molecule has 0 spiro atoms. The van der Waals surface area contributed by atoms with Crippen molar-refractivity contribution in [3.63, 3.8) is 0 Å². The average molecular weight is 698 g/mol. The topological polar surface area (TPSA) is 426 Å². The van der Waals surface area contributed by atoms with Gasteiger partial charge in [-0.2, -0.15) is 0 Å². The predicted molar refractivity (Wildman–Crippen MR) is 140 cm³/mol. The van der Waals surface area contributed by atoms with Crippen LogP contribution in [0.15, 0.2) is 24.3 Å². The fourth-order valence-corrected chi connectivity index (χ4v) is 2.60. The molecule has 0 aromatic heterocycles. The maximum atomic E-state index is 12.2. The molecular formula is C24H26O24. The smallest absolute Gasteiger partial charge is 0.349 e. The highest BCUT2D eigenvalue weighted by Gasteiger charge is 2.51. The minimum Gasteiger partial charge on any atom is -0.481 e. The number of carboxylic acid groups (broad SMARTS) is 10. The van der Waals surface area contributed by atoms with E-state index in [1.165, 1.54) is 0 Å². The molecule has 0 aliphatic rings. The van der Waals surface area contributed by atoms with Gasteiger partial charge >= 0.3 is 71.6 Å². The van der Waals surface area contributed by atoms with Crippen molar-refractivity contribution in [2.45, 2.75) is 49.7 Å². The SMILES string of the molecule is O=C(O)/C=C\C(=O)O.O=C(O)/C=C\C(=O)OC(CC(=O)O)(CC(=O)OC(CC(=O)O)(CC(=O)O)C(=O)O)C(=O)O.O=C(O)CCC(=O)O. The van der Waals surface area contributed by atoms with Crippen LogP contribution in [0.25, 0.3) is 0 Å². The largest absolute Gasteiger partial charge is 0.481 e. The van der Waals surface area contributed by atoms with Gasteiger partial charge in [-0.25, -0.2) is 28.8 Å². The molecule has 10 N–H and O–H groups in total. The number of rotatable bonds is 19. The van der Waals surface area contributed by atoms with E-state index in [0.717, 1.165) is 0 Å². The van der Waals surface area contributed by atoms with Crippen molar-refractivity contribution in [2.75, 3.05) is 0 Å². The molecule has 0 aromatic carbocycles. The molecule has 0 rings (SSSR count). The number of hydrogen-bond donors (Lipinski definition) is 10. The third-order valence-corrected chi connectivity index (χ3v) is 4.41. The van der Waals surface area contributed by atoms with E-state index in [0.29, 0.717) is 12.2 Å². The first kappa shape index (κ1) is 45.5. The number of carbonyl (C=O) groups is 12. The summed E-state index contributed by atoms with van der Waals surface area (Å²) >= 11 is 0. The van der Waals surface area contributed by atoms with Crippen molar-refractivity contribution in [3.8, 4) is 0 Å². The summed E-state index contributed by atoms with van der Waals surface area (Å²) < 4.78 is 8.85. The van der Waals surface area contributed by atoms with Crippen LogP contribution in [0.1, 0.15) is 38.5 Å². The second kappa shape index (κ2) is 21.8. The lowest BCUT2D eigenvalue weighted by atomic mass is 9.93. The summed E-state index contributed by atoms with van der Waals surface area (Å²) in [5.41, 5.74) is -6.46. The van der Waals surface area contributed by atoms with Crippen molar-refractivity contribution >= 4 is 71.6 Å². The summed E-state index contributed by atoms with van der Waals surface area (Å²) in [6.07, 6.45) is -5.53. The Balaban J connectivity index is -0.00000103. The zero-order valence-corrected chi connectivity index (χ0v) is 23.7. The van der Waals surface area contributed by atoms with Gasteiger partial charge in [-0.05, 0) is 0 Å². The van der Waals surface area contributed by atoms with E-state index < -0.39 is 109 Å². The molecule has 24 heteroatoms. The average Bonchev–Trinajstić information content (AvgIpc) is 2.88. The summed E-state index contributed by atoms with van der Waals surface area (Å²) in [4.78, 5) is 129. The first-order valence-electron chi connectivity index (χ1n) is 11.9. The van der Waals surface area contributed by atoms with Crippen molar-refractivity contribution in [2.24, 2.45) is 0 Å². The van der Waals surface area contributed by atoms with Crippen LogP contribution in [0.4, 0.5) is 0 Å². The number of ether oxygens (including phenoxy) is 2. The van der Waals surface area contributed by atoms with E-state index in [4.69, 9.17) is 40.9 Å². The molecule has 266 valence electrons. The molecule has 0 aliphatic carbocycles. The Morgan fingerprint density at radius 3 is 0.938 bits per heavy atom. The lowest BCUT2D eigenvalue weighted by Gasteiger charge is -2.30. The van der Waals surface area contributed by atoms with Crippen molar-refractivity contribution < 1.29 is 118 Å². The molecule has 0 aromatic rings. The fraction of sp³-hybridized carbons (Fsp3) is 0.333. The van der Waals surface area contributed by atoms with Crippen LogP contribution in [-0.4, -0.2) is 134 Å². The molecule has 24 nitrogen and oxygen atoms in total. The number of hydrogen-bond acceptors (Lipinski definition) is 14. The zero-order valence-electron chi connectivity index (χ0n) is 23.7. The van der Waals surface area contributed by atoms with Crippen LogP contribution >= 0.6 is 0 Å². The Hall–Kier alpha value is -6.88. The molecule has 0 bridgehead atoms. The lowest BCUT2D eigenvalue weighted by molar-refractivity contribution is -0.195. The van der Waals surface area contributed by atoms with E-state index in [2.05, 4.69) is 9.47 Å². The van der Waals surface area contributed by atoms with Gasteiger partial charge in [-0.1, -0.05) is 0 Å². The quantitative estimate of drug-likeness (QED) is 0.0506. The Morgan fingerprint density at radius 1 is 0.396 bits per heavy atom. The number of carboxylic acids is 10. The Labute approximate surface area is 264 Å². The van der Waals surface area contributed by atoms with Gasteiger partial charge in [0.1, 0.15) is 0 Å². The van der Waals surface area contributed by atoms with Gasteiger partial charge in [0.25, 0.3) is 0 Å². The van der Waals surface area contributed by atoms with Gasteiger partial charge in [0.15, 0.2) is 0 Å². The number of esters is 2. The summed E-state index contributed by atoms with van der Waals surface area (Å²) in [5.74, 6) is -20.2. The van der Waals surface area contributed by atoms with Crippen LogP contribution in [0.3, 0.4) is 0 Å². The number of aliphatic carboxylic acids is 10. The van der Waals surface area contributed by atoms with E-state index in [1.807, 2.05) is 0 Å². The minimum absolute atomic E-state index is 0.184. The van der Waals surface area contributed by atoms with Crippen LogP contribution < -0.4 is 0 Å². The molecule has 0 heterocycles. The van der Waals surface area contributed by atoms with Gasteiger partial charge in [-0.3, -0.25) is 28.8 Å². The van der Waals surface area contributed by atoms with Crippen molar-refractivity contribution in [1.29, 1.82) is 0 Å². The van der Waals surface area contributed by atoms with Gasteiger partial charge in [0, 0.05) is 24.3 Å². The molecule has 1 atom stereocenters. The molecule has 0 amide bonds. The summed E-state index contributed by atoms with van der Waals surface area (Å²) in [5, 5.41) is 85.1. The molecule has 0 saturated carbocycles. The van der Waals surface area contributed by atoms with E-state index >= 15 is 0 Å². The third kappa shape index (κ3) is 22.6. The highest BCUT2D eigenvalue weighted by Crippen LogP contribution is 2.28. The van der Waals surface area contributed by atoms with Gasteiger partial charge < -0.3 is 60.5 Å². The minimum atomic E-state index is -3.25.